The largest absolute Gasteiger partial charge is 0.452 e. The van der Waals surface area contributed by atoms with E-state index in [-0.39, 0.29) is 5.78 Å². The van der Waals surface area contributed by atoms with Crippen molar-refractivity contribution < 1.29 is 9.53 Å². The molecule has 0 bridgehead atoms. The second-order valence-corrected chi connectivity index (χ2v) is 4.24. The normalized spacial score (nSPS) is 10.4. The predicted molar refractivity (Wildman–Crippen MR) is 69.4 cm³/mol. The Bertz CT molecular complexity index is 578. The lowest BCUT2D eigenvalue weighted by atomic mass is 10.1. The van der Waals surface area contributed by atoms with Crippen molar-refractivity contribution in [3.05, 3.63) is 41.2 Å². The smallest absolute Gasteiger partial charge is 0.165 e. The summed E-state index contributed by atoms with van der Waals surface area (Å²) in [5.74, 6) is 1.11. The van der Waals surface area contributed by atoms with E-state index < -0.39 is 0 Å². The van der Waals surface area contributed by atoms with Gasteiger partial charge in [0.2, 0.25) is 0 Å². The summed E-state index contributed by atoms with van der Waals surface area (Å²) < 4.78 is 7.36. The highest BCUT2D eigenvalue weighted by Gasteiger charge is 2.08. The van der Waals surface area contributed by atoms with Gasteiger partial charge in [-0.3, -0.25) is 9.48 Å². The summed E-state index contributed by atoms with van der Waals surface area (Å²) in [6, 6.07) is 4.97. The zero-order valence-corrected chi connectivity index (χ0v) is 10.9. The molecule has 0 aliphatic heterocycles. The zero-order chi connectivity index (χ0) is 13.1. The average Bonchev–Trinajstić information content (AvgIpc) is 2.79. The highest BCUT2D eigenvalue weighted by Crippen LogP contribution is 2.30. The monoisotopic (exact) mass is 264 g/mol. The van der Waals surface area contributed by atoms with E-state index in [1.165, 1.54) is 6.92 Å². The van der Waals surface area contributed by atoms with Gasteiger partial charge in [-0.25, -0.2) is 0 Å². The molecule has 0 amide bonds. The molecule has 0 N–H and O–H groups in total. The number of hydrogen-bond acceptors (Lipinski definition) is 3. The quantitative estimate of drug-likeness (QED) is 0.793. The number of ether oxygens (including phenoxy) is 1. The Balaban J connectivity index is 2.21. The summed E-state index contributed by atoms with van der Waals surface area (Å²) in [6.45, 7) is 4.27. The Labute approximate surface area is 110 Å². The average molecular weight is 265 g/mol. The Morgan fingerprint density at radius 2 is 2.28 bits per heavy atom. The SMILES string of the molecule is CCn1cc(Oc2ccc(C(C)=O)cc2Cl)cn1. The summed E-state index contributed by atoms with van der Waals surface area (Å²) in [6.07, 6.45) is 3.41. The van der Waals surface area contributed by atoms with Gasteiger partial charge in [0, 0.05) is 12.1 Å². The molecule has 0 unspecified atom stereocenters. The van der Waals surface area contributed by atoms with Gasteiger partial charge in [0.15, 0.2) is 11.5 Å². The molecule has 18 heavy (non-hydrogen) atoms. The first-order valence-corrected chi connectivity index (χ1v) is 5.98. The number of rotatable bonds is 4. The van der Waals surface area contributed by atoms with Crippen molar-refractivity contribution in [3.8, 4) is 11.5 Å². The molecule has 94 valence electrons. The summed E-state index contributed by atoms with van der Waals surface area (Å²) in [5.41, 5.74) is 0.566. The molecule has 0 radical (unpaired) electrons. The number of benzene rings is 1. The van der Waals surface area contributed by atoms with Gasteiger partial charge in [-0.2, -0.15) is 5.10 Å². The molecule has 0 saturated heterocycles. The summed E-state index contributed by atoms with van der Waals surface area (Å²) in [4.78, 5) is 11.2. The molecule has 0 atom stereocenters. The molecule has 0 aliphatic carbocycles. The minimum Gasteiger partial charge on any atom is -0.452 e. The second-order valence-electron chi connectivity index (χ2n) is 3.84. The van der Waals surface area contributed by atoms with Gasteiger partial charge in [-0.15, -0.1) is 0 Å². The summed E-state index contributed by atoms with van der Waals surface area (Å²) >= 11 is 6.06. The second kappa shape index (κ2) is 5.23. The third-order valence-electron chi connectivity index (χ3n) is 2.50. The third-order valence-corrected chi connectivity index (χ3v) is 2.80. The van der Waals surface area contributed by atoms with Crippen molar-refractivity contribution in [2.75, 3.05) is 0 Å². The van der Waals surface area contributed by atoms with E-state index in [9.17, 15) is 4.79 Å². The number of aryl methyl sites for hydroxylation is 1. The molecule has 0 aliphatic rings. The molecule has 0 spiro atoms. The zero-order valence-electron chi connectivity index (χ0n) is 10.2. The van der Waals surface area contributed by atoms with Gasteiger partial charge in [0.05, 0.1) is 17.4 Å². The molecular formula is C13H13ClN2O2. The molecule has 2 rings (SSSR count). The molecule has 4 nitrogen and oxygen atoms in total. The van der Waals surface area contributed by atoms with E-state index in [1.807, 2.05) is 6.92 Å². The van der Waals surface area contributed by atoms with Crippen molar-refractivity contribution >= 4 is 17.4 Å². The summed E-state index contributed by atoms with van der Waals surface area (Å²) in [7, 11) is 0. The molecular weight excluding hydrogens is 252 g/mol. The van der Waals surface area contributed by atoms with Crippen LogP contribution in [0.5, 0.6) is 11.5 Å². The number of halogens is 1. The number of Topliss-reactive ketones (excluding diaryl/α,β-unsaturated/α-hetero) is 1. The van der Waals surface area contributed by atoms with Gasteiger partial charge in [-0.05, 0) is 32.0 Å². The van der Waals surface area contributed by atoms with Crippen LogP contribution in [0.3, 0.4) is 0 Å². The Kier molecular flexibility index (Phi) is 3.67. The lowest BCUT2D eigenvalue weighted by molar-refractivity contribution is 0.101. The van der Waals surface area contributed by atoms with Gasteiger partial charge >= 0.3 is 0 Å². The number of ketones is 1. The maximum atomic E-state index is 11.2. The topological polar surface area (TPSA) is 44.1 Å². The number of aromatic nitrogens is 2. The van der Waals surface area contributed by atoms with E-state index >= 15 is 0 Å². The standard InChI is InChI=1S/C13H13ClN2O2/c1-3-16-8-11(7-15-16)18-13-5-4-10(9(2)17)6-12(13)14/h4-8H,3H2,1-2H3. The Morgan fingerprint density at radius 3 is 2.83 bits per heavy atom. The van der Waals surface area contributed by atoms with Crippen molar-refractivity contribution in [2.24, 2.45) is 0 Å². The van der Waals surface area contributed by atoms with E-state index in [0.29, 0.717) is 22.1 Å². The number of nitrogens with zero attached hydrogens (tertiary/aromatic N) is 2. The minimum atomic E-state index is -0.0257. The molecule has 1 aromatic carbocycles. The van der Waals surface area contributed by atoms with Crippen molar-refractivity contribution in [1.82, 2.24) is 9.78 Å². The van der Waals surface area contributed by atoms with Crippen LogP contribution in [-0.2, 0) is 6.54 Å². The van der Waals surface area contributed by atoms with Gasteiger partial charge in [-0.1, -0.05) is 11.6 Å². The van der Waals surface area contributed by atoms with Crippen LogP contribution in [0.1, 0.15) is 24.2 Å². The van der Waals surface area contributed by atoms with Crippen molar-refractivity contribution in [2.45, 2.75) is 20.4 Å². The predicted octanol–water partition coefficient (Wildman–Crippen LogP) is 3.55. The molecule has 0 saturated carbocycles. The lowest BCUT2D eigenvalue weighted by Crippen LogP contribution is -1.93. The van der Waals surface area contributed by atoms with Crippen LogP contribution in [0, 0.1) is 0 Å². The highest BCUT2D eigenvalue weighted by atomic mass is 35.5. The molecule has 0 fully saturated rings. The van der Waals surface area contributed by atoms with Crippen molar-refractivity contribution in [3.63, 3.8) is 0 Å². The number of carbonyl (C=O) groups excluding carboxylic acids is 1. The highest BCUT2D eigenvalue weighted by molar-refractivity contribution is 6.32. The first kappa shape index (κ1) is 12.6. The van der Waals surface area contributed by atoms with E-state index in [4.69, 9.17) is 16.3 Å². The van der Waals surface area contributed by atoms with E-state index in [2.05, 4.69) is 5.10 Å². The molecule has 2 aromatic rings. The fourth-order valence-corrected chi connectivity index (χ4v) is 1.72. The maximum Gasteiger partial charge on any atom is 0.165 e. The van der Waals surface area contributed by atoms with Crippen LogP contribution in [0.25, 0.3) is 0 Å². The van der Waals surface area contributed by atoms with Gasteiger partial charge < -0.3 is 4.74 Å². The van der Waals surface area contributed by atoms with Crippen molar-refractivity contribution in [1.29, 1.82) is 0 Å². The minimum absolute atomic E-state index is 0.0257. The van der Waals surface area contributed by atoms with Gasteiger partial charge in [0.25, 0.3) is 0 Å². The maximum absolute atomic E-state index is 11.2. The first-order chi connectivity index (χ1) is 8.60. The summed E-state index contributed by atoms with van der Waals surface area (Å²) in [5, 5.41) is 4.51. The molecule has 1 aromatic heterocycles. The van der Waals surface area contributed by atoms with Crippen LogP contribution in [0.2, 0.25) is 5.02 Å². The van der Waals surface area contributed by atoms with Crippen LogP contribution in [-0.4, -0.2) is 15.6 Å². The Hall–Kier alpha value is -1.81. The number of hydrogen-bond donors (Lipinski definition) is 0. The Morgan fingerprint density at radius 1 is 1.50 bits per heavy atom. The van der Waals surface area contributed by atoms with Crippen LogP contribution < -0.4 is 4.74 Å². The lowest BCUT2D eigenvalue weighted by Gasteiger charge is -2.06. The van der Waals surface area contributed by atoms with Gasteiger partial charge in [0.1, 0.15) is 5.75 Å². The van der Waals surface area contributed by atoms with Crippen LogP contribution in [0.4, 0.5) is 0 Å². The fraction of sp³-hybridized carbons (Fsp3) is 0.231. The third kappa shape index (κ3) is 2.71. The van der Waals surface area contributed by atoms with Crippen LogP contribution >= 0.6 is 11.6 Å². The molecule has 5 heteroatoms. The van der Waals surface area contributed by atoms with E-state index in [0.717, 1.165) is 6.54 Å². The van der Waals surface area contributed by atoms with E-state index in [1.54, 1.807) is 35.3 Å². The number of carbonyl (C=O) groups is 1. The fourth-order valence-electron chi connectivity index (χ4n) is 1.50. The van der Waals surface area contributed by atoms with Crippen LogP contribution in [0.15, 0.2) is 30.6 Å². The molecule has 1 heterocycles. The first-order valence-electron chi connectivity index (χ1n) is 5.61.